The van der Waals surface area contributed by atoms with Gasteiger partial charge in [-0.2, -0.15) is 5.10 Å². The Hall–Kier alpha value is -2.09. The Morgan fingerprint density at radius 2 is 2.08 bits per heavy atom. The van der Waals surface area contributed by atoms with Crippen LogP contribution < -0.4 is 10.2 Å². The van der Waals surface area contributed by atoms with Gasteiger partial charge in [0.2, 0.25) is 0 Å². The van der Waals surface area contributed by atoms with E-state index in [1.54, 1.807) is 19.1 Å². The molecule has 5 nitrogen and oxygen atoms in total. The Morgan fingerprint density at radius 1 is 1.31 bits per heavy atom. The van der Waals surface area contributed by atoms with Crippen LogP contribution in [0.2, 0.25) is 5.02 Å². The molecule has 0 aliphatic heterocycles. The number of rotatable bonds is 4. The lowest BCUT2D eigenvalue weighted by molar-refractivity contribution is 0.0959. The van der Waals surface area contributed by atoms with Crippen molar-refractivity contribution in [1.82, 2.24) is 5.43 Å². The summed E-state index contributed by atoms with van der Waals surface area (Å²) in [4.78, 5) is 12.9. The summed E-state index contributed by atoms with van der Waals surface area (Å²) in [5.41, 5.74) is 3.81. The monoisotopic (exact) mass is 452 g/mol. The van der Waals surface area contributed by atoms with Crippen molar-refractivity contribution in [3.05, 3.63) is 56.3 Å². The van der Waals surface area contributed by atoms with E-state index in [-0.39, 0.29) is 11.7 Å². The molecule has 134 valence electrons. The number of nitrogens with one attached hydrogen (secondary N) is 1. The van der Waals surface area contributed by atoms with Gasteiger partial charge in [0.15, 0.2) is 11.5 Å². The number of fused-ring (bicyclic) bond motifs is 1. The van der Waals surface area contributed by atoms with Crippen LogP contribution in [0, 0.1) is 0 Å². The van der Waals surface area contributed by atoms with Gasteiger partial charge < -0.3 is 9.84 Å². The first-order valence-corrected chi connectivity index (χ1v) is 9.49. The zero-order chi connectivity index (χ0) is 18.8. The van der Waals surface area contributed by atoms with Gasteiger partial charge in [-0.15, -0.1) is 11.3 Å². The van der Waals surface area contributed by atoms with Gasteiger partial charge in [0.1, 0.15) is 4.88 Å². The van der Waals surface area contributed by atoms with Crippen LogP contribution in [0.15, 0.2) is 46.0 Å². The Bertz CT molecular complexity index is 1030. The number of benzene rings is 2. The minimum atomic E-state index is -0.377. The first-order chi connectivity index (χ1) is 12.4. The number of nitrogens with zero attached hydrogens (tertiary/aromatic N) is 1. The highest BCUT2D eigenvalue weighted by Crippen LogP contribution is 2.36. The molecule has 0 saturated carbocycles. The van der Waals surface area contributed by atoms with Crippen molar-refractivity contribution in [2.45, 2.75) is 6.92 Å². The van der Waals surface area contributed by atoms with E-state index in [1.165, 1.54) is 24.5 Å². The maximum atomic E-state index is 12.5. The second-order valence-corrected chi connectivity index (χ2v) is 7.76. The number of aromatic hydroxyl groups is 1. The molecule has 0 atom stereocenters. The summed E-state index contributed by atoms with van der Waals surface area (Å²) in [5.74, 6) is -0.00442. The Balaban J connectivity index is 1.84. The van der Waals surface area contributed by atoms with Crippen molar-refractivity contribution < 1.29 is 14.6 Å². The summed E-state index contributed by atoms with van der Waals surface area (Å²) >= 11 is 11.0. The van der Waals surface area contributed by atoms with Crippen molar-refractivity contribution >= 4 is 60.6 Å². The fourth-order valence-electron chi connectivity index (χ4n) is 2.34. The van der Waals surface area contributed by atoms with Gasteiger partial charge >= 0.3 is 0 Å². The number of thiophene rings is 1. The van der Waals surface area contributed by atoms with Gasteiger partial charge in [0.25, 0.3) is 5.91 Å². The number of carbonyl (C=O) groups excluding carboxylic acids is 1. The number of halogens is 2. The van der Waals surface area contributed by atoms with E-state index in [1.807, 2.05) is 18.2 Å². The molecule has 1 heterocycles. The summed E-state index contributed by atoms with van der Waals surface area (Å²) in [7, 11) is 1.47. The van der Waals surface area contributed by atoms with E-state index < -0.39 is 0 Å². The average molecular weight is 454 g/mol. The number of hydrazone groups is 1. The van der Waals surface area contributed by atoms with Crippen molar-refractivity contribution in [3.8, 4) is 11.5 Å². The molecule has 0 radical (unpaired) electrons. The minimum Gasteiger partial charge on any atom is -0.504 e. The largest absolute Gasteiger partial charge is 0.504 e. The van der Waals surface area contributed by atoms with Crippen LogP contribution in [0.3, 0.4) is 0 Å². The maximum Gasteiger partial charge on any atom is 0.283 e. The van der Waals surface area contributed by atoms with Crippen molar-refractivity contribution in [1.29, 1.82) is 0 Å². The zero-order valence-corrected chi connectivity index (χ0v) is 17.0. The first kappa shape index (κ1) is 18.7. The van der Waals surface area contributed by atoms with E-state index in [2.05, 4.69) is 26.5 Å². The summed E-state index contributed by atoms with van der Waals surface area (Å²) in [6.07, 6.45) is 0. The SMILES string of the molecule is COc1cc(/C(C)=N/NC(=O)c2sc3cc(Br)ccc3c2Cl)ccc1O. The molecule has 8 heteroatoms. The standard InChI is InChI=1S/C18H14BrClN2O3S/c1-9(10-3-6-13(23)14(7-10)25-2)21-22-18(24)17-16(20)12-5-4-11(19)8-15(12)26-17/h3-8,23H,1-2H3,(H,22,24)/b21-9+. The van der Waals surface area contributed by atoms with Crippen LogP contribution in [-0.2, 0) is 0 Å². The smallest absolute Gasteiger partial charge is 0.283 e. The van der Waals surface area contributed by atoms with E-state index in [0.29, 0.717) is 26.9 Å². The molecule has 1 aromatic heterocycles. The first-order valence-electron chi connectivity index (χ1n) is 7.50. The molecule has 0 spiro atoms. The summed E-state index contributed by atoms with van der Waals surface area (Å²) in [6.45, 7) is 1.75. The van der Waals surface area contributed by atoms with Crippen LogP contribution >= 0.6 is 38.9 Å². The molecular formula is C18H14BrClN2O3S. The highest BCUT2D eigenvalue weighted by molar-refractivity contribution is 9.10. The highest BCUT2D eigenvalue weighted by atomic mass is 79.9. The predicted octanol–water partition coefficient (Wildman–Crippen LogP) is 5.19. The van der Waals surface area contributed by atoms with Crippen LogP contribution in [0.4, 0.5) is 0 Å². The molecule has 0 unspecified atom stereocenters. The lowest BCUT2D eigenvalue weighted by atomic mass is 10.1. The third kappa shape index (κ3) is 3.70. The number of phenols is 1. The Labute approximate surface area is 167 Å². The minimum absolute atomic E-state index is 0.0382. The molecule has 3 aromatic rings. The molecule has 0 saturated heterocycles. The fourth-order valence-corrected chi connectivity index (χ4v) is 4.30. The molecule has 3 rings (SSSR count). The molecule has 2 N–H and O–H groups in total. The summed E-state index contributed by atoms with van der Waals surface area (Å²) in [6, 6.07) is 10.5. The quantitative estimate of drug-likeness (QED) is 0.422. The van der Waals surface area contributed by atoms with Crippen molar-refractivity contribution in [2.75, 3.05) is 7.11 Å². The number of phenolic OH excluding ortho intramolecular Hbond substituents is 1. The zero-order valence-electron chi connectivity index (χ0n) is 13.8. The second kappa shape index (κ2) is 7.65. The molecule has 26 heavy (non-hydrogen) atoms. The fraction of sp³-hybridized carbons (Fsp3) is 0.111. The van der Waals surface area contributed by atoms with Crippen LogP contribution in [0.1, 0.15) is 22.2 Å². The molecule has 0 fully saturated rings. The van der Waals surface area contributed by atoms with Gasteiger partial charge in [-0.3, -0.25) is 4.79 Å². The average Bonchev–Trinajstić information content (AvgIpc) is 2.95. The van der Waals surface area contributed by atoms with Gasteiger partial charge in [0, 0.05) is 20.1 Å². The van der Waals surface area contributed by atoms with E-state index in [4.69, 9.17) is 16.3 Å². The Morgan fingerprint density at radius 3 is 2.81 bits per heavy atom. The van der Waals surface area contributed by atoms with E-state index >= 15 is 0 Å². The van der Waals surface area contributed by atoms with Crippen LogP contribution in [0.5, 0.6) is 11.5 Å². The third-order valence-corrected chi connectivity index (χ3v) is 5.87. The van der Waals surface area contributed by atoms with Gasteiger partial charge in [0.05, 0.1) is 17.8 Å². The van der Waals surface area contributed by atoms with Gasteiger partial charge in [-0.25, -0.2) is 5.43 Å². The van der Waals surface area contributed by atoms with E-state index in [0.717, 1.165) is 14.6 Å². The third-order valence-electron chi connectivity index (χ3n) is 3.72. The highest BCUT2D eigenvalue weighted by Gasteiger charge is 2.17. The van der Waals surface area contributed by atoms with Crippen LogP contribution in [0.25, 0.3) is 10.1 Å². The number of hydrogen-bond donors (Lipinski definition) is 2. The lowest BCUT2D eigenvalue weighted by Crippen LogP contribution is -2.18. The topological polar surface area (TPSA) is 70.9 Å². The number of hydrogen-bond acceptors (Lipinski definition) is 5. The maximum absolute atomic E-state index is 12.5. The van der Waals surface area contributed by atoms with Gasteiger partial charge in [-0.1, -0.05) is 33.6 Å². The normalized spacial score (nSPS) is 11.6. The molecule has 2 aromatic carbocycles. The number of carbonyl (C=O) groups is 1. The van der Waals surface area contributed by atoms with Crippen LogP contribution in [-0.4, -0.2) is 23.8 Å². The van der Waals surface area contributed by atoms with Gasteiger partial charge in [-0.05, 0) is 37.3 Å². The Kier molecular flexibility index (Phi) is 5.50. The van der Waals surface area contributed by atoms with E-state index in [9.17, 15) is 9.90 Å². The predicted molar refractivity (Wildman–Crippen MR) is 109 cm³/mol. The summed E-state index contributed by atoms with van der Waals surface area (Å²) < 4.78 is 6.91. The van der Waals surface area contributed by atoms with Crippen molar-refractivity contribution in [2.24, 2.45) is 5.10 Å². The lowest BCUT2D eigenvalue weighted by Gasteiger charge is -2.06. The summed E-state index contributed by atoms with van der Waals surface area (Å²) in [5, 5.41) is 15.0. The molecule has 0 aliphatic carbocycles. The number of ether oxygens (including phenoxy) is 1. The second-order valence-electron chi connectivity index (χ2n) is 5.41. The molecule has 1 amide bonds. The number of amides is 1. The molecular weight excluding hydrogens is 440 g/mol. The molecule has 0 bridgehead atoms. The molecule has 0 aliphatic rings. The van der Waals surface area contributed by atoms with Crippen molar-refractivity contribution in [3.63, 3.8) is 0 Å². The number of methoxy groups -OCH3 is 1.